The van der Waals surface area contributed by atoms with Gasteiger partial charge < -0.3 is 10.2 Å². The smallest absolute Gasteiger partial charge is 0.243 e. The molecular weight excluding hydrogens is 463 g/mol. The van der Waals surface area contributed by atoms with Gasteiger partial charge in [-0.1, -0.05) is 13.0 Å². The monoisotopic (exact) mass is 488 g/mol. The van der Waals surface area contributed by atoms with Crippen LogP contribution >= 0.6 is 11.3 Å². The maximum absolute atomic E-state index is 13.1. The van der Waals surface area contributed by atoms with Gasteiger partial charge in [0.15, 0.2) is 0 Å². The van der Waals surface area contributed by atoms with Gasteiger partial charge in [0, 0.05) is 42.8 Å². The summed E-state index contributed by atoms with van der Waals surface area (Å²) in [5, 5.41) is 5.25. The molecule has 0 spiro atoms. The van der Waals surface area contributed by atoms with Crippen molar-refractivity contribution in [3.8, 4) is 10.6 Å². The molecule has 3 aromatic rings. The molecule has 0 bridgehead atoms. The van der Waals surface area contributed by atoms with Crippen molar-refractivity contribution in [1.82, 2.24) is 14.2 Å². The maximum atomic E-state index is 13.1. The van der Waals surface area contributed by atoms with Gasteiger partial charge in [-0.3, -0.25) is 4.79 Å². The summed E-state index contributed by atoms with van der Waals surface area (Å²) in [5.41, 5.74) is 1.79. The van der Waals surface area contributed by atoms with Crippen molar-refractivity contribution in [2.75, 3.05) is 38.0 Å². The second kappa shape index (κ2) is 10.1. The number of halogens is 1. The molecule has 1 N–H and O–H groups in total. The van der Waals surface area contributed by atoms with Crippen molar-refractivity contribution < 1.29 is 17.6 Å². The number of thiazole rings is 1. The predicted octanol–water partition coefficient (Wildman–Crippen LogP) is 3.46. The summed E-state index contributed by atoms with van der Waals surface area (Å²) in [6.07, 6.45) is 0.0493. The fraction of sp³-hybridized carbons (Fsp3) is 0.304. The minimum Gasteiger partial charge on any atom is -0.326 e. The van der Waals surface area contributed by atoms with E-state index < -0.39 is 10.0 Å². The number of hydrogen-bond donors (Lipinski definition) is 1. The number of likely N-dealkylation sites (N-methyl/N-ethyl adjacent to an activating group) is 1. The number of nitrogens with zero attached hydrogens (tertiary/aromatic N) is 3. The SMILES string of the molecule is CCN1CCN(S(=O)(=O)c2cccc(NC(=O)Cc3csc(-c4ccc(F)cc4)n3)c2)CC1. The summed E-state index contributed by atoms with van der Waals surface area (Å²) in [5.74, 6) is -0.612. The number of nitrogens with one attached hydrogen (secondary N) is 1. The highest BCUT2D eigenvalue weighted by Crippen LogP contribution is 2.25. The molecule has 0 aliphatic carbocycles. The molecule has 4 rings (SSSR count). The van der Waals surface area contributed by atoms with Crippen LogP contribution in [-0.2, 0) is 21.2 Å². The summed E-state index contributed by atoms with van der Waals surface area (Å²) in [6.45, 7) is 5.28. The molecular formula is C23H25FN4O3S2. The van der Waals surface area contributed by atoms with E-state index in [0.29, 0.717) is 42.6 Å². The Labute approximate surface area is 196 Å². The average Bonchev–Trinajstić information content (AvgIpc) is 3.28. The molecule has 2 aromatic carbocycles. The first-order chi connectivity index (χ1) is 15.8. The van der Waals surface area contributed by atoms with E-state index in [4.69, 9.17) is 0 Å². The van der Waals surface area contributed by atoms with Crippen LogP contribution in [-0.4, -0.2) is 61.2 Å². The van der Waals surface area contributed by atoms with Crippen molar-refractivity contribution in [2.45, 2.75) is 18.2 Å². The van der Waals surface area contributed by atoms with E-state index in [1.165, 1.54) is 33.8 Å². The van der Waals surface area contributed by atoms with E-state index >= 15 is 0 Å². The molecule has 0 atom stereocenters. The van der Waals surface area contributed by atoms with Crippen molar-refractivity contribution in [2.24, 2.45) is 0 Å². The third-order valence-electron chi connectivity index (χ3n) is 5.52. The van der Waals surface area contributed by atoms with Gasteiger partial charge in [-0.2, -0.15) is 4.31 Å². The number of sulfonamides is 1. The lowest BCUT2D eigenvalue weighted by molar-refractivity contribution is -0.115. The topological polar surface area (TPSA) is 82.6 Å². The highest BCUT2D eigenvalue weighted by Gasteiger charge is 2.28. The van der Waals surface area contributed by atoms with Crippen molar-refractivity contribution in [3.05, 3.63) is 65.4 Å². The summed E-state index contributed by atoms with van der Waals surface area (Å²) < 4.78 is 40.7. The minimum absolute atomic E-state index is 0.0493. The first-order valence-corrected chi connectivity index (χ1v) is 13.0. The number of anilines is 1. The van der Waals surface area contributed by atoms with Gasteiger partial charge in [-0.25, -0.2) is 17.8 Å². The Kier molecular flexibility index (Phi) is 7.18. The molecule has 7 nitrogen and oxygen atoms in total. The first-order valence-electron chi connectivity index (χ1n) is 10.7. The number of rotatable bonds is 7. The largest absolute Gasteiger partial charge is 0.326 e. The fourth-order valence-corrected chi connectivity index (χ4v) is 5.95. The highest BCUT2D eigenvalue weighted by molar-refractivity contribution is 7.89. The Hall–Kier alpha value is -2.66. The third-order valence-corrected chi connectivity index (χ3v) is 8.35. The number of piperazine rings is 1. The van der Waals surface area contributed by atoms with Crippen molar-refractivity contribution in [1.29, 1.82) is 0 Å². The van der Waals surface area contributed by atoms with Crippen LogP contribution in [0.4, 0.5) is 10.1 Å². The van der Waals surface area contributed by atoms with Gasteiger partial charge in [0.1, 0.15) is 10.8 Å². The molecule has 0 unspecified atom stereocenters. The van der Waals surface area contributed by atoms with Gasteiger partial charge in [0.25, 0.3) is 0 Å². The van der Waals surface area contributed by atoms with E-state index in [2.05, 4.69) is 22.1 Å². The second-order valence-electron chi connectivity index (χ2n) is 7.74. The molecule has 10 heteroatoms. The Morgan fingerprint density at radius 1 is 1.12 bits per heavy atom. The number of carbonyl (C=O) groups excluding carboxylic acids is 1. The third kappa shape index (κ3) is 5.64. The molecule has 1 saturated heterocycles. The van der Waals surface area contributed by atoms with Crippen molar-refractivity contribution in [3.63, 3.8) is 0 Å². The van der Waals surface area contributed by atoms with Crippen molar-refractivity contribution >= 4 is 33.0 Å². The summed E-state index contributed by atoms with van der Waals surface area (Å²) in [6, 6.07) is 12.4. The van der Waals surface area contributed by atoms with Crippen LogP contribution in [0.3, 0.4) is 0 Å². The standard InChI is InChI=1S/C23H25FN4O3S2/c1-2-27-10-12-28(13-11-27)33(30,31)21-5-3-4-19(14-21)25-22(29)15-20-16-32-23(26-20)17-6-8-18(24)9-7-17/h3-9,14,16H,2,10-13,15H2,1H3,(H,25,29). The summed E-state index contributed by atoms with van der Waals surface area (Å²) >= 11 is 1.38. The van der Waals surface area contributed by atoms with Crippen LogP contribution in [0.2, 0.25) is 0 Å². The molecule has 2 heterocycles. The van der Waals surface area contributed by atoms with Gasteiger partial charge in [0.2, 0.25) is 15.9 Å². The zero-order valence-electron chi connectivity index (χ0n) is 18.2. The predicted molar refractivity (Wildman–Crippen MR) is 127 cm³/mol. The molecule has 1 aliphatic heterocycles. The van der Waals surface area contributed by atoms with Crippen LogP contribution in [0, 0.1) is 5.82 Å². The quantitative estimate of drug-likeness (QED) is 0.551. The lowest BCUT2D eigenvalue weighted by Gasteiger charge is -2.33. The molecule has 0 saturated carbocycles. The van der Waals surface area contributed by atoms with Gasteiger partial charge in [-0.15, -0.1) is 11.3 Å². The zero-order valence-corrected chi connectivity index (χ0v) is 19.8. The summed E-state index contributed by atoms with van der Waals surface area (Å²) in [4.78, 5) is 19.4. The van der Waals surface area contributed by atoms with E-state index in [0.717, 1.165) is 12.1 Å². The molecule has 1 fully saturated rings. The molecule has 1 aliphatic rings. The first kappa shape index (κ1) is 23.5. The van der Waals surface area contributed by atoms with Gasteiger partial charge in [0.05, 0.1) is 17.0 Å². The van der Waals surface area contributed by atoms with Crippen LogP contribution in [0.1, 0.15) is 12.6 Å². The second-order valence-corrected chi connectivity index (χ2v) is 10.5. The Bertz CT molecular complexity index is 1220. The van der Waals surface area contributed by atoms with E-state index in [1.54, 1.807) is 35.7 Å². The Morgan fingerprint density at radius 2 is 1.85 bits per heavy atom. The maximum Gasteiger partial charge on any atom is 0.243 e. The van der Waals surface area contributed by atoms with E-state index in [9.17, 15) is 17.6 Å². The lowest BCUT2D eigenvalue weighted by Crippen LogP contribution is -2.48. The Balaban J connectivity index is 1.40. The molecule has 1 aromatic heterocycles. The fourth-order valence-electron chi connectivity index (χ4n) is 3.65. The van der Waals surface area contributed by atoms with Crippen LogP contribution in [0.5, 0.6) is 0 Å². The number of benzene rings is 2. The number of amides is 1. The minimum atomic E-state index is -3.62. The average molecular weight is 489 g/mol. The molecule has 0 radical (unpaired) electrons. The molecule has 33 heavy (non-hydrogen) atoms. The number of aromatic nitrogens is 1. The normalized spacial score (nSPS) is 15.5. The molecule has 1 amide bonds. The van der Waals surface area contributed by atoms with Crippen LogP contribution < -0.4 is 5.32 Å². The van der Waals surface area contributed by atoms with Crippen LogP contribution in [0.25, 0.3) is 10.6 Å². The van der Waals surface area contributed by atoms with E-state index in [-0.39, 0.29) is 23.0 Å². The summed E-state index contributed by atoms with van der Waals surface area (Å²) in [7, 11) is -3.62. The van der Waals surface area contributed by atoms with Crippen LogP contribution in [0.15, 0.2) is 58.8 Å². The lowest BCUT2D eigenvalue weighted by atomic mass is 10.2. The van der Waals surface area contributed by atoms with Gasteiger partial charge in [-0.05, 0) is 49.0 Å². The van der Waals surface area contributed by atoms with Gasteiger partial charge >= 0.3 is 0 Å². The highest BCUT2D eigenvalue weighted by atomic mass is 32.2. The number of carbonyl (C=O) groups is 1. The Morgan fingerprint density at radius 3 is 2.55 bits per heavy atom. The van der Waals surface area contributed by atoms with E-state index in [1.807, 2.05) is 0 Å². The molecule has 174 valence electrons. The zero-order chi connectivity index (χ0) is 23.4. The number of hydrogen-bond acceptors (Lipinski definition) is 6.